The molecule has 0 aromatic carbocycles. The second-order valence-corrected chi connectivity index (χ2v) is 3.46. The van der Waals surface area contributed by atoms with Crippen molar-refractivity contribution in [1.82, 2.24) is 10.2 Å². The van der Waals surface area contributed by atoms with Crippen LogP contribution in [0.2, 0.25) is 0 Å². The van der Waals surface area contributed by atoms with Gasteiger partial charge in [-0.1, -0.05) is 0 Å². The van der Waals surface area contributed by atoms with Gasteiger partial charge < -0.3 is 15.0 Å². The Morgan fingerprint density at radius 1 is 1.40 bits per heavy atom. The molecule has 0 fully saturated rings. The Morgan fingerprint density at radius 3 is 2.47 bits per heavy atom. The SMILES string of the molecule is CCOC(=O)CCNC(C)C(=O)N(C)C. The van der Waals surface area contributed by atoms with E-state index in [1.807, 2.05) is 0 Å². The lowest BCUT2D eigenvalue weighted by atomic mass is 10.3. The van der Waals surface area contributed by atoms with E-state index in [1.165, 1.54) is 4.90 Å². The summed E-state index contributed by atoms with van der Waals surface area (Å²) < 4.78 is 4.76. The highest BCUT2D eigenvalue weighted by atomic mass is 16.5. The summed E-state index contributed by atoms with van der Waals surface area (Å²) in [6.07, 6.45) is 0.291. The van der Waals surface area contributed by atoms with Gasteiger partial charge in [-0.15, -0.1) is 0 Å². The Balaban J connectivity index is 3.68. The molecule has 15 heavy (non-hydrogen) atoms. The van der Waals surface area contributed by atoms with Crippen LogP contribution in [-0.2, 0) is 14.3 Å². The largest absolute Gasteiger partial charge is 0.466 e. The molecule has 0 saturated heterocycles. The first-order valence-corrected chi connectivity index (χ1v) is 5.09. The molecule has 88 valence electrons. The topological polar surface area (TPSA) is 58.6 Å². The third kappa shape index (κ3) is 6.06. The Labute approximate surface area is 90.8 Å². The summed E-state index contributed by atoms with van der Waals surface area (Å²) in [7, 11) is 3.40. The van der Waals surface area contributed by atoms with Gasteiger partial charge in [0.2, 0.25) is 5.91 Å². The zero-order chi connectivity index (χ0) is 11.8. The van der Waals surface area contributed by atoms with Crippen LogP contribution in [0.4, 0.5) is 0 Å². The molecule has 5 heteroatoms. The number of carbonyl (C=O) groups excluding carboxylic acids is 2. The molecule has 0 rings (SSSR count). The Morgan fingerprint density at radius 2 is 2.00 bits per heavy atom. The van der Waals surface area contributed by atoms with E-state index in [4.69, 9.17) is 4.74 Å². The number of carbonyl (C=O) groups is 2. The fourth-order valence-electron chi connectivity index (χ4n) is 1.10. The first kappa shape index (κ1) is 13.9. The van der Waals surface area contributed by atoms with Gasteiger partial charge in [-0.2, -0.15) is 0 Å². The third-order valence-electron chi connectivity index (χ3n) is 1.90. The molecule has 0 aromatic rings. The van der Waals surface area contributed by atoms with Crippen LogP contribution in [0.1, 0.15) is 20.3 Å². The van der Waals surface area contributed by atoms with Gasteiger partial charge in [-0.05, 0) is 13.8 Å². The van der Waals surface area contributed by atoms with Crippen LogP contribution in [0.5, 0.6) is 0 Å². The average Bonchev–Trinajstić information content (AvgIpc) is 2.16. The van der Waals surface area contributed by atoms with Crippen LogP contribution < -0.4 is 5.32 Å². The number of ether oxygens (including phenoxy) is 1. The van der Waals surface area contributed by atoms with Crippen molar-refractivity contribution < 1.29 is 14.3 Å². The quantitative estimate of drug-likeness (QED) is 0.635. The van der Waals surface area contributed by atoms with Crippen LogP contribution in [0.25, 0.3) is 0 Å². The fourth-order valence-corrected chi connectivity index (χ4v) is 1.10. The lowest BCUT2D eigenvalue weighted by Gasteiger charge is -2.17. The summed E-state index contributed by atoms with van der Waals surface area (Å²) in [6, 6.07) is -0.269. The van der Waals surface area contributed by atoms with Crippen molar-refractivity contribution >= 4 is 11.9 Å². The monoisotopic (exact) mass is 216 g/mol. The van der Waals surface area contributed by atoms with Crippen molar-refractivity contribution in [3.63, 3.8) is 0 Å². The van der Waals surface area contributed by atoms with Crippen molar-refractivity contribution in [2.45, 2.75) is 26.3 Å². The summed E-state index contributed by atoms with van der Waals surface area (Å²) in [5, 5.41) is 2.96. The van der Waals surface area contributed by atoms with Crippen molar-refractivity contribution in [2.75, 3.05) is 27.2 Å². The van der Waals surface area contributed by atoms with Gasteiger partial charge in [-0.25, -0.2) is 0 Å². The van der Waals surface area contributed by atoms with E-state index >= 15 is 0 Å². The minimum Gasteiger partial charge on any atom is -0.466 e. The normalized spacial score (nSPS) is 12.0. The van der Waals surface area contributed by atoms with E-state index < -0.39 is 0 Å². The molecule has 1 unspecified atom stereocenters. The molecular weight excluding hydrogens is 196 g/mol. The zero-order valence-electron chi connectivity index (χ0n) is 9.87. The third-order valence-corrected chi connectivity index (χ3v) is 1.90. The lowest BCUT2D eigenvalue weighted by Crippen LogP contribution is -2.42. The molecule has 0 radical (unpaired) electrons. The minimum absolute atomic E-state index is 0.00106. The molecule has 0 bridgehead atoms. The molecule has 0 aliphatic rings. The van der Waals surface area contributed by atoms with Crippen LogP contribution >= 0.6 is 0 Å². The molecule has 0 spiro atoms. The maximum atomic E-state index is 11.4. The van der Waals surface area contributed by atoms with Gasteiger partial charge >= 0.3 is 5.97 Å². The maximum Gasteiger partial charge on any atom is 0.307 e. The second-order valence-electron chi connectivity index (χ2n) is 3.46. The average molecular weight is 216 g/mol. The highest BCUT2D eigenvalue weighted by Crippen LogP contribution is 1.90. The summed E-state index contributed by atoms with van der Waals surface area (Å²) in [4.78, 5) is 23.9. The van der Waals surface area contributed by atoms with Gasteiger partial charge in [0, 0.05) is 20.6 Å². The first-order valence-electron chi connectivity index (χ1n) is 5.09. The summed E-state index contributed by atoms with van der Waals surface area (Å²) in [6.45, 7) is 4.39. The number of rotatable bonds is 6. The number of amides is 1. The predicted octanol–water partition coefficient (Wildman–Crippen LogP) is 0.00590. The zero-order valence-corrected chi connectivity index (χ0v) is 9.87. The fraction of sp³-hybridized carbons (Fsp3) is 0.800. The van der Waals surface area contributed by atoms with Gasteiger partial charge in [0.25, 0.3) is 0 Å². The number of nitrogens with zero attached hydrogens (tertiary/aromatic N) is 1. The van der Waals surface area contributed by atoms with Crippen LogP contribution in [0.3, 0.4) is 0 Å². The van der Waals surface area contributed by atoms with Gasteiger partial charge in [-0.3, -0.25) is 9.59 Å². The molecule has 0 aromatic heterocycles. The van der Waals surface area contributed by atoms with E-state index in [0.29, 0.717) is 19.6 Å². The molecule has 0 saturated carbocycles. The van der Waals surface area contributed by atoms with Gasteiger partial charge in [0.15, 0.2) is 0 Å². The van der Waals surface area contributed by atoms with Gasteiger partial charge in [0.1, 0.15) is 0 Å². The van der Waals surface area contributed by atoms with Crippen LogP contribution in [0.15, 0.2) is 0 Å². The first-order chi connectivity index (χ1) is 6.99. The summed E-state index contributed by atoms with van der Waals surface area (Å²) in [5.74, 6) is -0.242. The summed E-state index contributed by atoms with van der Waals surface area (Å²) >= 11 is 0. The van der Waals surface area contributed by atoms with Crippen molar-refractivity contribution in [3.05, 3.63) is 0 Å². The van der Waals surface area contributed by atoms with E-state index in [1.54, 1.807) is 27.9 Å². The Kier molecular flexibility index (Phi) is 6.70. The van der Waals surface area contributed by atoms with E-state index in [2.05, 4.69) is 5.32 Å². The predicted molar refractivity (Wildman–Crippen MR) is 57.4 cm³/mol. The van der Waals surface area contributed by atoms with E-state index in [-0.39, 0.29) is 17.9 Å². The molecule has 1 atom stereocenters. The molecule has 0 aliphatic heterocycles. The standard InChI is InChI=1S/C10H20N2O3/c1-5-15-9(13)6-7-11-8(2)10(14)12(3)4/h8,11H,5-7H2,1-4H3. The highest BCUT2D eigenvalue weighted by Gasteiger charge is 2.14. The molecular formula is C10H20N2O3. The number of nitrogens with one attached hydrogen (secondary N) is 1. The van der Waals surface area contributed by atoms with Crippen LogP contribution in [0, 0.1) is 0 Å². The number of hydrogen-bond donors (Lipinski definition) is 1. The molecule has 0 aliphatic carbocycles. The van der Waals surface area contributed by atoms with Gasteiger partial charge in [0.05, 0.1) is 19.1 Å². The van der Waals surface area contributed by atoms with Crippen molar-refractivity contribution in [2.24, 2.45) is 0 Å². The molecule has 5 nitrogen and oxygen atoms in total. The van der Waals surface area contributed by atoms with Crippen molar-refractivity contribution in [3.8, 4) is 0 Å². The number of hydrogen-bond acceptors (Lipinski definition) is 4. The maximum absolute atomic E-state index is 11.4. The number of likely N-dealkylation sites (N-methyl/N-ethyl adjacent to an activating group) is 1. The van der Waals surface area contributed by atoms with Crippen LogP contribution in [-0.4, -0.2) is 50.1 Å². The smallest absolute Gasteiger partial charge is 0.307 e. The Bertz CT molecular complexity index is 217. The minimum atomic E-state index is -0.269. The van der Waals surface area contributed by atoms with Crippen molar-refractivity contribution in [1.29, 1.82) is 0 Å². The summed E-state index contributed by atoms with van der Waals surface area (Å²) in [5.41, 5.74) is 0. The highest BCUT2D eigenvalue weighted by molar-refractivity contribution is 5.81. The Hall–Kier alpha value is -1.10. The molecule has 0 heterocycles. The number of esters is 1. The van der Waals surface area contributed by atoms with E-state index in [0.717, 1.165) is 0 Å². The molecule has 1 N–H and O–H groups in total. The lowest BCUT2D eigenvalue weighted by molar-refractivity contribution is -0.143. The molecule has 1 amide bonds. The van der Waals surface area contributed by atoms with E-state index in [9.17, 15) is 9.59 Å². The second kappa shape index (κ2) is 7.23.